The van der Waals surface area contributed by atoms with Gasteiger partial charge in [-0.05, 0) is 66.0 Å². The molecule has 0 aliphatic heterocycles. The molecule has 2 nitrogen and oxygen atoms in total. The van der Waals surface area contributed by atoms with Gasteiger partial charge in [0.05, 0.1) is 0 Å². The summed E-state index contributed by atoms with van der Waals surface area (Å²) in [5.41, 5.74) is 0.293. The number of nitrogens with zero attached hydrogens (tertiary/aromatic N) is 2. The summed E-state index contributed by atoms with van der Waals surface area (Å²) in [6, 6.07) is 0.695. The van der Waals surface area contributed by atoms with E-state index in [1.807, 2.05) is 0 Å². The van der Waals surface area contributed by atoms with E-state index in [9.17, 15) is 0 Å². The molecule has 0 saturated heterocycles. The lowest BCUT2D eigenvalue weighted by Gasteiger charge is -2.38. The van der Waals surface area contributed by atoms with Crippen molar-refractivity contribution in [2.45, 2.75) is 99.1 Å². The fraction of sp³-hybridized carbons (Fsp3) is 1.00. The van der Waals surface area contributed by atoms with Gasteiger partial charge in [-0.25, -0.2) is 0 Å². The van der Waals surface area contributed by atoms with Crippen molar-refractivity contribution in [3.63, 3.8) is 0 Å². The first-order valence-corrected chi connectivity index (χ1v) is 9.71. The van der Waals surface area contributed by atoms with Crippen LogP contribution in [0.3, 0.4) is 0 Å². The Balaban J connectivity index is 4.50. The van der Waals surface area contributed by atoms with E-state index in [0.29, 0.717) is 11.6 Å². The quantitative estimate of drug-likeness (QED) is 0.474. The Morgan fingerprint density at radius 1 is 0.818 bits per heavy atom. The van der Waals surface area contributed by atoms with Crippen LogP contribution in [0.1, 0.15) is 87.5 Å². The summed E-state index contributed by atoms with van der Waals surface area (Å²) in [6.45, 7) is 23.7. The molecular weight excluding hydrogens is 268 g/mol. The zero-order valence-electron chi connectivity index (χ0n) is 16.9. The molecule has 0 radical (unpaired) electrons. The van der Waals surface area contributed by atoms with Crippen molar-refractivity contribution < 1.29 is 0 Å². The molecule has 0 aromatic carbocycles. The highest BCUT2D eigenvalue weighted by atomic mass is 15.2. The molecule has 1 unspecified atom stereocenters. The van der Waals surface area contributed by atoms with Crippen LogP contribution in [0.15, 0.2) is 0 Å². The Kier molecular flexibility index (Phi) is 11.4. The molecular formula is C20H44N2. The summed E-state index contributed by atoms with van der Waals surface area (Å²) in [7, 11) is 0. The smallest absolute Gasteiger partial charge is 0.0125 e. The molecule has 0 aliphatic rings. The topological polar surface area (TPSA) is 6.48 Å². The first kappa shape index (κ1) is 21.9. The minimum Gasteiger partial charge on any atom is -0.300 e. The molecule has 0 N–H and O–H groups in total. The molecule has 0 spiro atoms. The maximum absolute atomic E-state index is 2.72. The minimum atomic E-state index is 0.293. The molecule has 0 rings (SSSR count). The molecule has 0 heterocycles. The molecule has 0 bridgehead atoms. The zero-order valence-corrected chi connectivity index (χ0v) is 16.9. The van der Waals surface area contributed by atoms with E-state index in [4.69, 9.17) is 0 Å². The van der Waals surface area contributed by atoms with E-state index in [2.05, 4.69) is 65.2 Å². The molecule has 134 valence electrons. The van der Waals surface area contributed by atoms with Gasteiger partial charge >= 0.3 is 0 Å². The molecule has 0 aromatic rings. The van der Waals surface area contributed by atoms with Gasteiger partial charge in [0.15, 0.2) is 0 Å². The molecule has 2 heteroatoms. The first-order chi connectivity index (χ1) is 10.2. The summed E-state index contributed by atoms with van der Waals surface area (Å²) >= 11 is 0. The summed E-state index contributed by atoms with van der Waals surface area (Å²) in [4.78, 5) is 5.40. The molecule has 0 aromatic heterocycles. The lowest BCUT2D eigenvalue weighted by molar-refractivity contribution is 0.106. The van der Waals surface area contributed by atoms with Crippen LogP contribution in [0.5, 0.6) is 0 Å². The standard InChI is InChI=1S/C20H44N2/c1-9-11-14-21(17-18(3)4)19(5)13-16-22(15-12-10-2)20(6,7)8/h18-19H,9-17H2,1-8H3. The van der Waals surface area contributed by atoms with Crippen molar-refractivity contribution in [2.24, 2.45) is 5.92 Å². The van der Waals surface area contributed by atoms with Gasteiger partial charge in [-0.3, -0.25) is 4.90 Å². The summed E-state index contributed by atoms with van der Waals surface area (Å²) < 4.78 is 0. The highest BCUT2D eigenvalue weighted by molar-refractivity contribution is 4.78. The summed E-state index contributed by atoms with van der Waals surface area (Å²) in [5.74, 6) is 0.762. The number of unbranched alkanes of at least 4 members (excludes halogenated alkanes) is 2. The van der Waals surface area contributed by atoms with Gasteiger partial charge < -0.3 is 4.90 Å². The van der Waals surface area contributed by atoms with E-state index in [0.717, 1.165) is 5.92 Å². The second kappa shape index (κ2) is 11.5. The first-order valence-electron chi connectivity index (χ1n) is 9.71. The third-order valence-corrected chi connectivity index (χ3v) is 4.57. The van der Waals surface area contributed by atoms with Gasteiger partial charge in [0.1, 0.15) is 0 Å². The minimum absolute atomic E-state index is 0.293. The fourth-order valence-electron chi connectivity index (χ4n) is 2.98. The van der Waals surface area contributed by atoms with Crippen LogP contribution in [-0.2, 0) is 0 Å². The molecule has 0 aliphatic carbocycles. The van der Waals surface area contributed by atoms with Crippen LogP contribution in [0.2, 0.25) is 0 Å². The van der Waals surface area contributed by atoms with Gasteiger partial charge in [0.25, 0.3) is 0 Å². The zero-order chi connectivity index (χ0) is 17.2. The van der Waals surface area contributed by atoms with Crippen molar-refractivity contribution in [3.05, 3.63) is 0 Å². The SMILES string of the molecule is CCCCN(CC(C)C)C(C)CCN(CCCC)C(C)(C)C. The highest BCUT2D eigenvalue weighted by Crippen LogP contribution is 2.17. The maximum Gasteiger partial charge on any atom is 0.0125 e. The fourth-order valence-corrected chi connectivity index (χ4v) is 2.98. The predicted octanol–water partition coefficient (Wildman–Crippen LogP) is 5.42. The number of hydrogen-bond donors (Lipinski definition) is 0. The van der Waals surface area contributed by atoms with Crippen LogP contribution in [0.25, 0.3) is 0 Å². The van der Waals surface area contributed by atoms with Gasteiger partial charge in [-0.2, -0.15) is 0 Å². The van der Waals surface area contributed by atoms with Crippen LogP contribution < -0.4 is 0 Å². The maximum atomic E-state index is 2.72. The average Bonchev–Trinajstić information content (AvgIpc) is 2.41. The van der Waals surface area contributed by atoms with E-state index < -0.39 is 0 Å². The lowest BCUT2D eigenvalue weighted by Crippen LogP contribution is -2.45. The van der Waals surface area contributed by atoms with E-state index in [-0.39, 0.29) is 0 Å². The largest absolute Gasteiger partial charge is 0.300 e. The van der Waals surface area contributed by atoms with Crippen LogP contribution in [0, 0.1) is 5.92 Å². The van der Waals surface area contributed by atoms with Gasteiger partial charge in [0.2, 0.25) is 0 Å². The lowest BCUT2D eigenvalue weighted by atomic mass is 10.0. The van der Waals surface area contributed by atoms with E-state index in [1.54, 1.807) is 0 Å². The third kappa shape index (κ3) is 9.84. The predicted molar refractivity (Wildman–Crippen MR) is 102 cm³/mol. The van der Waals surface area contributed by atoms with Crippen LogP contribution in [0.4, 0.5) is 0 Å². The summed E-state index contributed by atoms with van der Waals surface area (Å²) in [5, 5.41) is 0. The summed E-state index contributed by atoms with van der Waals surface area (Å²) in [6.07, 6.45) is 6.52. The van der Waals surface area contributed by atoms with Crippen molar-refractivity contribution in [3.8, 4) is 0 Å². The Morgan fingerprint density at radius 2 is 1.36 bits per heavy atom. The van der Waals surface area contributed by atoms with E-state index >= 15 is 0 Å². The molecule has 1 atom stereocenters. The van der Waals surface area contributed by atoms with E-state index in [1.165, 1.54) is 58.3 Å². The Labute approximate surface area is 141 Å². The van der Waals surface area contributed by atoms with Crippen LogP contribution >= 0.6 is 0 Å². The normalized spacial score (nSPS) is 14.3. The monoisotopic (exact) mass is 312 g/mol. The highest BCUT2D eigenvalue weighted by Gasteiger charge is 2.22. The molecule has 0 saturated carbocycles. The Hall–Kier alpha value is -0.0800. The van der Waals surface area contributed by atoms with Crippen molar-refractivity contribution >= 4 is 0 Å². The van der Waals surface area contributed by atoms with Gasteiger partial charge in [-0.1, -0.05) is 40.5 Å². The van der Waals surface area contributed by atoms with Crippen molar-refractivity contribution in [2.75, 3.05) is 26.2 Å². The number of rotatable bonds is 12. The Morgan fingerprint density at radius 3 is 1.82 bits per heavy atom. The van der Waals surface area contributed by atoms with Crippen LogP contribution in [-0.4, -0.2) is 47.6 Å². The molecule has 22 heavy (non-hydrogen) atoms. The van der Waals surface area contributed by atoms with Crippen molar-refractivity contribution in [1.29, 1.82) is 0 Å². The Bertz CT molecular complexity index is 255. The molecule has 0 amide bonds. The van der Waals surface area contributed by atoms with Crippen molar-refractivity contribution in [1.82, 2.24) is 9.80 Å². The average molecular weight is 313 g/mol. The second-order valence-electron chi connectivity index (χ2n) is 8.39. The second-order valence-corrected chi connectivity index (χ2v) is 8.39. The number of hydrogen-bond acceptors (Lipinski definition) is 2. The van der Waals surface area contributed by atoms with Gasteiger partial charge in [0, 0.05) is 24.7 Å². The molecule has 0 fully saturated rings. The third-order valence-electron chi connectivity index (χ3n) is 4.57. The van der Waals surface area contributed by atoms with Gasteiger partial charge in [-0.15, -0.1) is 0 Å².